The van der Waals surface area contributed by atoms with Gasteiger partial charge in [0.15, 0.2) is 18.1 Å². The van der Waals surface area contributed by atoms with Crippen molar-refractivity contribution in [2.75, 3.05) is 20.8 Å². The molecule has 0 radical (unpaired) electrons. The van der Waals surface area contributed by atoms with Crippen molar-refractivity contribution in [3.63, 3.8) is 0 Å². The summed E-state index contributed by atoms with van der Waals surface area (Å²) in [6.07, 6.45) is 0. The Bertz CT molecular complexity index is 785. The Morgan fingerprint density at radius 3 is 2.31 bits per heavy atom. The number of carbonyl (C=O) groups excluding carboxylic acids is 2. The zero-order valence-electron chi connectivity index (χ0n) is 14.4. The number of carbonyl (C=O) groups is 2. The van der Waals surface area contributed by atoms with Crippen LogP contribution in [0.5, 0.6) is 17.2 Å². The third-order valence-electron chi connectivity index (χ3n) is 3.42. The zero-order valence-corrected chi connectivity index (χ0v) is 14.4. The monoisotopic (exact) mass is 362 g/mol. The molecule has 0 aromatic heterocycles. The fourth-order valence-corrected chi connectivity index (χ4v) is 2.23. The minimum absolute atomic E-state index is 0.154. The lowest BCUT2D eigenvalue weighted by molar-refractivity contribution is -0.120. The Balaban J connectivity index is 2.19. The maximum atomic E-state index is 13.2. The summed E-state index contributed by atoms with van der Waals surface area (Å²) in [5.41, 5.74) is 5.95. The first kappa shape index (κ1) is 19.0. The SMILES string of the molecule is COc1cc(C(=O)NCc2cccc(F)c2)cc(OC)c1OCC(N)=O. The first-order chi connectivity index (χ1) is 12.4. The minimum Gasteiger partial charge on any atom is -0.493 e. The molecule has 0 aliphatic heterocycles. The number of methoxy groups -OCH3 is 2. The molecule has 138 valence electrons. The molecule has 8 heteroatoms. The number of hydrogen-bond donors (Lipinski definition) is 2. The van der Waals surface area contributed by atoms with Gasteiger partial charge in [0.05, 0.1) is 14.2 Å². The average Bonchev–Trinajstić information content (AvgIpc) is 2.63. The van der Waals surface area contributed by atoms with Crippen LogP contribution in [0.25, 0.3) is 0 Å². The van der Waals surface area contributed by atoms with Gasteiger partial charge in [0.2, 0.25) is 5.75 Å². The van der Waals surface area contributed by atoms with E-state index in [-0.39, 0.29) is 41.8 Å². The van der Waals surface area contributed by atoms with Crippen LogP contribution in [-0.2, 0) is 11.3 Å². The highest BCUT2D eigenvalue weighted by molar-refractivity contribution is 5.95. The zero-order chi connectivity index (χ0) is 19.1. The van der Waals surface area contributed by atoms with Gasteiger partial charge < -0.3 is 25.3 Å². The third-order valence-corrected chi connectivity index (χ3v) is 3.42. The first-order valence-corrected chi connectivity index (χ1v) is 7.64. The van der Waals surface area contributed by atoms with Crippen molar-refractivity contribution >= 4 is 11.8 Å². The summed E-state index contributed by atoms with van der Waals surface area (Å²) in [5.74, 6) is -0.868. The van der Waals surface area contributed by atoms with Crippen molar-refractivity contribution in [1.29, 1.82) is 0 Å². The lowest BCUT2D eigenvalue weighted by Gasteiger charge is -2.15. The second-order valence-corrected chi connectivity index (χ2v) is 5.28. The Morgan fingerprint density at radius 1 is 1.12 bits per heavy atom. The summed E-state index contributed by atoms with van der Waals surface area (Å²) in [4.78, 5) is 23.3. The van der Waals surface area contributed by atoms with E-state index in [4.69, 9.17) is 19.9 Å². The molecule has 0 saturated heterocycles. The molecule has 2 aromatic rings. The lowest BCUT2D eigenvalue weighted by atomic mass is 10.1. The number of amides is 2. The van der Waals surface area contributed by atoms with E-state index < -0.39 is 11.8 Å². The molecule has 0 atom stereocenters. The van der Waals surface area contributed by atoms with Crippen LogP contribution >= 0.6 is 0 Å². The maximum absolute atomic E-state index is 13.2. The molecule has 2 aromatic carbocycles. The number of ether oxygens (including phenoxy) is 3. The summed E-state index contributed by atoms with van der Waals surface area (Å²) in [6.45, 7) is -0.209. The second kappa shape index (κ2) is 8.70. The van der Waals surface area contributed by atoms with E-state index in [2.05, 4.69) is 5.32 Å². The van der Waals surface area contributed by atoms with Gasteiger partial charge >= 0.3 is 0 Å². The number of benzene rings is 2. The average molecular weight is 362 g/mol. The summed E-state index contributed by atoms with van der Waals surface area (Å²) < 4.78 is 28.9. The molecular weight excluding hydrogens is 343 g/mol. The van der Waals surface area contributed by atoms with Crippen LogP contribution in [0.4, 0.5) is 4.39 Å². The fourth-order valence-electron chi connectivity index (χ4n) is 2.23. The van der Waals surface area contributed by atoms with E-state index >= 15 is 0 Å². The van der Waals surface area contributed by atoms with Crippen molar-refractivity contribution in [3.8, 4) is 17.2 Å². The van der Waals surface area contributed by atoms with E-state index in [9.17, 15) is 14.0 Å². The molecule has 7 nitrogen and oxygen atoms in total. The fraction of sp³-hybridized carbons (Fsp3) is 0.222. The van der Waals surface area contributed by atoms with Crippen molar-refractivity contribution in [3.05, 3.63) is 53.3 Å². The van der Waals surface area contributed by atoms with Gasteiger partial charge in [-0.3, -0.25) is 9.59 Å². The van der Waals surface area contributed by atoms with Crippen LogP contribution in [0.15, 0.2) is 36.4 Å². The quantitative estimate of drug-likeness (QED) is 0.744. The number of rotatable bonds is 8. The molecule has 3 N–H and O–H groups in total. The summed E-state index contributed by atoms with van der Waals surface area (Å²) >= 11 is 0. The van der Waals surface area contributed by atoms with E-state index in [0.29, 0.717) is 5.56 Å². The molecule has 0 fully saturated rings. The van der Waals surface area contributed by atoms with Gasteiger partial charge in [-0.2, -0.15) is 0 Å². The molecule has 0 saturated carbocycles. The summed E-state index contributed by atoms with van der Waals surface area (Å²) in [5, 5.41) is 2.68. The molecule has 0 heterocycles. The Kier molecular flexibility index (Phi) is 6.37. The highest BCUT2D eigenvalue weighted by Crippen LogP contribution is 2.38. The number of hydrogen-bond acceptors (Lipinski definition) is 5. The van der Waals surface area contributed by atoms with Gasteiger partial charge in [-0.1, -0.05) is 12.1 Å². The molecule has 2 rings (SSSR count). The third kappa shape index (κ3) is 4.85. The normalized spacial score (nSPS) is 10.1. The van der Waals surface area contributed by atoms with E-state index in [1.54, 1.807) is 12.1 Å². The molecule has 0 aliphatic carbocycles. The van der Waals surface area contributed by atoms with Crippen molar-refractivity contribution in [2.24, 2.45) is 5.73 Å². The Labute approximate surface area is 149 Å². The van der Waals surface area contributed by atoms with Gasteiger partial charge in [-0.15, -0.1) is 0 Å². The smallest absolute Gasteiger partial charge is 0.255 e. The van der Waals surface area contributed by atoms with Gasteiger partial charge in [0, 0.05) is 12.1 Å². The second-order valence-electron chi connectivity index (χ2n) is 5.28. The van der Waals surface area contributed by atoms with Gasteiger partial charge in [-0.05, 0) is 29.8 Å². The van der Waals surface area contributed by atoms with Crippen LogP contribution in [0.3, 0.4) is 0 Å². The predicted molar refractivity (Wildman–Crippen MR) is 91.8 cm³/mol. The van der Waals surface area contributed by atoms with Crippen LogP contribution < -0.4 is 25.3 Å². The first-order valence-electron chi connectivity index (χ1n) is 7.64. The molecule has 2 amide bonds. The molecular formula is C18H19FN2O5. The molecule has 26 heavy (non-hydrogen) atoms. The predicted octanol–water partition coefficient (Wildman–Crippen LogP) is 1.64. The van der Waals surface area contributed by atoms with Crippen LogP contribution in [-0.4, -0.2) is 32.6 Å². The highest BCUT2D eigenvalue weighted by atomic mass is 19.1. The van der Waals surface area contributed by atoms with E-state index in [1.165, 1.54) is 38.5 Å². The molecule has 0 aliphatic rings. The Hall–Kier alpha value is -3.29. The number of primary amides is 1. The van der Waals surface area contributed by atoms with Crippen molar-refractivity contribution in [1.82, 2.24) is 5.32 Å². The minimum atomic E-state index is -0.661. The lowest BCUT2D eigenvalue weighted by Crippen LogP contribution is -2.23. The van der Waals surface area contributed by atoms with Crippen LogP contribution in [0, 0.1) is 5.82 Å². The largest absolute Gasteiger partial charge is 0.493 e. The van der Waals surface area contributed by atoms with Gasteiger partial charge in [0.1, 0.15) is 5.82 Å². The Morgan fingerprint density at radius 2 is 1.77 bits per heavy atom. The van der Waals surface area contributed by atoms with Crippen LogP contribution in [0.2, 0.25) is 0 Å². The van der Waals surface area contributed by atoms with Gasteiger partial charge in [-0.25, -0.2) is 4.39 Å². The molecule has 0 unspecified atom stereocenters. The number of nitrogens with one attached hydrogen (secondary N) is 1. The molecule has 0 spiro atoms. The number of nitrogens with two attached hydrogens (primary N) is 1. The van der Waals surface area contributed by atoms with Gasteiger partial charge in [0.25, 0.3) is 11.8 Å². The summed E-state index contributed by atoms with van der Waals surface area (Å²) in [7, 11) is 2.78. The molecule has 0 bridgehead atoms. The summed E-state index contributed by atoms with van der Waals surface area (Å²) in [6, 6.07) is 8.81. The number of halogens is 1. The van der Waals surface area contributed by atoms with Crippen molar-refractivity contribution < 1.29 is 28.2 Å². The highest BCUT2D eigenvalue weighted by Gasteiger charge is 2.18. The van der Waals surface area contributed by atoms with Crippen LogP contribution in [0.1, 0.15) is 15.9 Å². The van der Waals surface area contributed by atoms with E-state index in [1.807, 2.05) is 0 Å². The van der Waals surface area contributed by atoms with Crippen molar-refractivity contribution in [2.45, 2.75) is 6.54 Å². The van der Waals surface area contributed by atoms with E-state index in [0.717, 1.165) is 0 Å². The standard InChI is InChI=1S/C18H19FN2O5/c1-24-14-7-12(8-15(25-2)17(14)26-10-16(20)22)18(23)21-9-11-4-3-5-13(19)6-11/h3-8H,9-10H2,1-2H3,(H2,20,22)(H,21,23). The maximum Gasteiger partial charge on any atom is 0.255 e. The topological polar surface area (TPSA) is 99.9 Å².